The Labute approximate surface area is 374 Å². The van der Waals surface area contributed by atoms with E-state index in [9.17, 15) is 33.1 Å². The van der Waals surface area contributed by atoms with Crippen molar-refractivity contribution in [1.29, 1.82) is 0 Å². The summed E-state index contributed by atoms with van der Waals surface area (Å²) in [4.78, 5) is 66.9. The van der Waals surface area contributed by atoms with E-state index in [1.165, 1.54) is 22.3 Å². The average molecular weight is 910 g/mol. The summed E-state index contributed by atoms with van der Waals surface area (Å²) in [5, 5.41) is 21.7. The van der Waals surface area contributed by atoms with Gasteiger partial charge in [0.25, 0.3) is 5.91 Å². The van der Waals surface area contributed by atoms with Crippen molar-refractivity contribution in [3.8, 4) is 27.4 Å². The lowest BCUT2D eigenvalue weighted by molar-refractivity contribution is -0.144. The van der Waals surface area contributed by atoms with Crippen LogP contribution in [-0.4, -0.2) is 108 Å². The predicted molar refractivity (Wildman–Crippen MR) is 238 cm³/mol. The number of aromatic nitrogens is 2. The van der Waals surface area contributed by atoms with E-state index < -0.39 is 53.7 Å². The summed E-state index contributed by atoms with van der Waals surface area (Å²) in [6.07, 6.45) is 1.89. The quantitative estimate of drug-likeness (QED) is 0.0846. The molecule has 63 heavy (non-hydrogen) atoms. The highest BCUT2D eigenvalue weighted by atomic mass is 32.1. The van der Waals surface area contributed by atoms with Crippen LogP contribution in [0.25, 0.3) is 21.7 Å². The van der Waals surface area contributed by atoms with Crippen molar-refractivity contribution in [3.63, 3.8) is 0 Å². The molecule has 4 N–H and O–H groups in total. The number of β-amino-alcohol motifs (C(OH)–C–C–N with tert-alkyl or cyclic N) is 1. The van der Waals surface area contributed by atoms with E-state index in [1.54, 1.807) is 22.2 Å². The molecule has 4 heterocycles. The van der Waals surface area contributed by atoms with Crippen LogP contribution < -0.4 is 25.6 Å². The van der Waals surface area contributed by atoms with Gasteiger partial charge in [0.1, 0.15) is 12.1 Å². The number of carbonyl (C=O) groups excluding carboxylic acids is 4. The standard InChI is InChI=1S/C45H57F2N7O7S2/c1-27(29-11-13-30(14-12-29)40-28(2)49-26-63-40)50-42(58)35-22-31(55)23-54(35)43(59)41(45(3,4)5)52-36(56)10-8-6-7-9-17-48-37(57)24-61-39-32(15-16-33(46)38(39)47)34-25-62-44(51-34)53-18-20-60-21-19-53/h11-16,25-27,31,35,41,55H,6-10,17-24H2,1-5H3,(H,48,57)(H,50,58)(H,52,56)/t27?,31-,35+,41?/m1/s1. The fraction of sp³-hybridized carbons (Fsp3) is 0.511. The Kier molecular flexibility index (Phi) is 16.2. The number of nitrogens with zero attached hydrogens (tertiary/aromatic N) is 4. The maximum absolute atomic E-state index is 14.9. The minimum absolute atomic E-state index is 0.0227. The lowest BCUT2D eigenvalue weighted by atomic mass is 9.85. The van der Waals surface area contributed by atoms with Gasteiger partial charge in [-0.15, -0.1) is 22.7 Å². The Morgan fingerprint density at radius 3 is 2.41 bits per heavy atom. The first-order chi connectivity index (χ1) is 30.1. The van der Waals surface area contributed by atoms with Crippen molar-refractivity contribution in [3.05, 3.63) is 70.2 Å². The van der Waals surface area contributed by atoms with E-state index in [2.05, 4.69) is 30.8 Å². The first kappa shape index (κ1) is 47.4. The van der Waals surface area contributed by atoms with Crippen LogP contribution in [0.2, 0.25) is 0 Å². The number of thiazole rings is 2. The predicted octanol–water partition coefficient (Wildman–Crippen LogP) is 6.17. The molecule has 2 unspecified atom stereocenters. The number of unbranched alkanes of at least 4 members (excludes halogenated alkanes) is 3. The maximum atomic E-state index is 14.9. The molecule has 4 aromatic rings. The summed E-state index contributed by atoms with van der Waals surface area (Å²) in [6, 6.07) is 8.08. The number of carbonyl (C=O) groups is 4. The Morgan fingerprint density at radius 2 is 1.71 bits per heavy atom. The van der Waals surface area contributed by atoms with Crippen LogP contribution in [0.4, 0.5) is 13.9 Å². The van der Waals surface area contributed by atoms with E-state index >= 15 is 0 Å². The number of ether oxygens (including phenoxy) is 2. The molecular formula is C45H57F2N7O7S2. The highest BCUT2D eigenvalue weighted by molar-refractivity contribution is 7.14. The number of aliphatic hydroxyl groups excluding tert-OH is 1. The molecule has 2 fully saturated rings. The Morgan fingerprint density at radius 1 is 0.984 bits per heavy atom. The third-order valence-electron chi connectivity index (χ3n) is 11.2. The van der Waals surface area contributed by atoms with Gasteiger partial charge in [-0.25, -0.2) is 14.4 Å². The van der Waals surface area contributed by atoms with Crippen LogP contribution in [0.3, 0.4) is 0 Å². The fourth-order valence-corrected chi connectivity index (χ4v) is 9.28. The summed E-state index contributed by atoms with van der Waals surface area (Å²) in [7, 11) is 0. The number of nitrogens with one attached hydrogen (secondary N) is 3. The number of hydrogen-bond acceptors (Lipinski definition) is 12. The van der Waals surface area contributed by atoms with E-state index in [-0.39, 0.29) is 48.6 Å². The highest BCUT2D eigenvalue weighted by Gasteiger charge is 2.44. The van der Waals surface area contributed by atoms with Crippen molar-refractivity contribution in [2.75, 3.05) is 50.9 Å². The van der Waals surface area contributed by atoms with Crippen LogP contribution in [0, 0.1) is 24.0 Å². The van der Waals surface area contributed by atoms with Crippen LogP contribution in [0.5, 0.6) is 5.75 Å². The molecule has 2 saturated heterocycles. The summed E-state index contributed by atoms with van der Waals surface area (Å²) in [5.41, 5.74) is 4.66. The number of hydrogen-bond donors (Lipinski definition) is 4. The van der Waals surface area contributed by atoms with Gasteiger partial charge in [-0.3, -0.25) is 19.2 Å². The number of halogens is 2. The zero-order valence-electron chi connectivity index (χ0n) is 36.4. The van der Waals surface area contributed by atoms with E-state index in [1.807, 2.05) is 58.9 Å². The molecule has 2 aromatic heterocycles. The van der Waals surface area contributed by atoms with Gasteiger partial charge in [0.15, 0.2) is 23.3 Å². The van der Waals surface area contributed by atoms with Gasteiger partial charge in [-0.1, -0.05) is 57.9 Å². The summed E-state index contributed by atoms with van der Waals surface area (Å²) >= 11 is 2.94. The van der Waals surface area contributed by atoms with Gasteiger partial charge < -0.3 is 40.3 Å². The number of likely N-dealkylation sites (tertiary alicyclic amines) is 1. The maximum Gasteiger partial charge on any atom is 0.257 e. The first-order valence-corrected chi connectivity index (χ1v) is 23.1. The minimum Gasteiger partial charge on any atom is -0.480 e. The zero-order valence-corrected chi connectivity index (χ0v) is 38.0. The number of amides is 4. The van der Waals surface area contributed by atoms with Crippen LogP contribution in [0.15, 0.2) is 47.3 Å². The molecule has 0 bridgehead atoms. The Balaban J connectivity index is 0.919. The average Bonchev–Trinajstić information content (AvgIpc) is 4.03. The van der Waals surface area contributed by atoms with Gasteiger partial charge in [0, 0.05) is 50.0 Å². The van der Waals surface area contributed by atoms with Crippen LogP contribution in [-0.2, 0) is 23.9 Å². The highest BCUT2D eigenvalue weighted by Crippen LogP contribution is 2.37. The number of aliphatic hydroxyl groups is 1. The second kappa shape index (κ2) is 21.6. The van der Waals surface area contributed by atoms with E-state index in [0.717, 1.165) is 32.9 Å². The molecular weight excluding hydrogens is 853 g/mol. The number of benzene rings is 2. The molecule has 0 saturated carbocycles. The molecule has 18 heteroatoms. The smallest absolute Gasteiger partial charge is 0.257 e. The van der Waals surface area contributed by atoms with Crippen molar-refractivity contribution in [2.24, 2.45) is 5.41 Å². The molecule has 2 aromatic carbocycles. The molecule has 340 valence electrons. The first-order valence-electron chi connectivity index (χ1n) is 21.4. The fourth-order valence-electron chi connectivity index (χ4n) is 7.59. The molecule has 4 amide bonds. The molecule has 2 aliphatic heterocycles. The van der Waals surface area contributed by atoms with Gasteiger partial charge in [0.05, 0.1) is 47.1 Å². The molecule has 14 nitrogen and oxygen atoms in total. The third kappa shape index (κ3) is 12.4. The molecule has 6 rings (SSSR count). The van der Waals surface area contributed by atoms with E-state index in [4.69, 9.17) is 9.47 Å². The van der Waals surface area contributed by atoms with Gasteiger partial charge in [-0.05, 0) is 55.4 Å². The zero-order chi connectivity index (χ0) is 45.3. The number of anilines is 1. The van der Waals surface area contributed by atoms with Gasteiger partial charge >= 0.3 is 0 Å². The van der Waals surface area contributed by atoms with Crippen molar-refractivity contribution in [1.82, 2.24) is 30.8 Å². The van der Waals surface area contributed by atoms with Gasteiger partial charge in [-0.2, -0.15) is 4.39 Å². The summed E-state index contributed by atoms with van der Waals surface area (Å²) in [5.74, 6) is -4.29. The number of morpholine rings is 1. The number of rotatable bonds is 18. The lowest BCUT2D eigenvalue weighted by Crippen LogP contribution is -2.57. The summed E-state index contributed by atoms with van der Waals surface area (Å²) < 4.78 is 40.1. The van der Waals surface area contributed by atoms with Gasteiger partial charge in [0.2, 0.25) is 23.5 Å². The van der Waals surface area contributed by atoms with Crippen molar-refractivity contribution >= 4 is 51.4 Å². The third-order valence-corrected chi connectivity index (χ3v) is 13.0. The topological polar surface area (TPSA) is 175 Å². The van der Waals surface area contributed by atoms with Crippen LogP contribution in [0.1, 0.15) is 83.5 Å². The molecule has 0 spiro atoms. The second-order valence-corrected chi connectivity index (χ2v) is 18.7. The van der Waals surface area contributed by atoms with Crippen molar-refractivity contribution < 1.29 is 42.5 Å². The molecule has 2 aliphatic rings. The Bertz CT molecular complexity index is 2210. The molecule has 0 radical (unpaired) electrons. The SMILES string of the molecule is Cc1ncsc1-c1ccc(C(C)NC(=O)[C@@H]2C[C@@H](O)CN2C(=O)C(NC(=O)CCCCCCNC(=O)COc2c(-c3csc(N4CCOCC4)n3)ccc(F)c2F)C(C)(C)C)cc1. The molecule has 0 aliphatic carbocycles. The Hall–Kier alpha value is -5.04. The van der Waals surface area contributed by atoms with Crippen LogP contribution >= 0.6 is 22.7 Å². The largest absolute Gasteiger partial charge is 0.480 e. The van der Waals surface area contributed by atoms with E-state index in [0.29, 0.717) is 64.2 Å². The summed E-state index contributed by atoms with van der Waals surface area (Å²) in [6.45, 7) is 11.6. The van der Waals surface area contributed by atoms with Crippen molar-refractivity contribution in [2.45, 2.75) is 97.4 Å². The number of aryl methyl sites for hydroxylation is 1. The normalized spacial score (nSPS) is 17.6. The second-order valence-electron chi connectivity index (χ2n) is 17.0. The minimum atomic E-state index is -1.20. The lowest BCUT2D eigenvalue weighted by Gasteiger charge is -2.35. The molecule has 4 atom stereocenters. The monoisotopic (exact) mass is 909 g/mol.